The molecule has 7 nitrogen and oxygen atoms in total. The summed E-state index contributed by atoms with van der Waals surface area (Å²) < 4.78 is 5.66. The molecule has 0 radical (unpaired) electrons. The van der Waals surface area contributed by atoms with E-state index < -0.39 is 18.0 Å². The lowest BCUT2D eigenvalue weighted by molar-refractivity contribution is -0.149. The molecule has 7 heteroatoms. The molecule has 3 aliphatic rings. The summed E-state index contributed by atoms with van der Waals surface area (Å²) in [4.78, 5) is 41.0. The second-order valence-corrected chi connectivity index (χ2v) is 7.95. The van der Waals surface area contributed by atoms with Gasteiger partial charge in [0.15, 0.2) is 5.78 Å². The largest absolute Gasteiger partial charge is 0.465 e. The highest BCUT2D eigenvalue weighted by Gasteiger charge is 2.44. The number of amides is 2. The van der Waals surface area contributed by atoms with Crippen LogP contribution in [0.15, 0.2) is 4.99 Å². The van der Waals surface area contributed by atoms with Crippen LogP contribution in [-0.4, -0.2) is 41.9 Å². The number of aliphatic imine (C=N–C) groups is 1. The molecular weight excluding hydrogens is 346 g/mol. The summed E-state index contributed by atoms with van der Waals surface area (Å²) in [5.41, 5.74) is 0.666. The van der Waals surface area contributed by atoms with Gasteiger partial charge in [0.05, 0.1) is 18.4 Å². The summed E-state index contributed by atoms with van der Waals surface area (Å²) in [5, 5.41) is 10.5. The zero-order valence-corrected chi connectivity index (χ0v) is 16.0. The molecule has 2 saturated carbocycles. The topological polar surface area (TPSA) is 109 Å². The van der Waals surface area contributed by atoms with E-state index in [9.17, 15) is 14.4 Å². The van der Waals surface area contributed by atoms with Crippen molar-refractivity contribution in [3.63, 3.8) is 0 Å². The van der Waals surface area contributed by atoms with Crippen LogP contribution in [0.1, 0.15) is 64.7 Å². The third-order valence-electron chi connectivity index (χ3n) is 6.11. The Kier molecular flexibility index (Phi) is 6.39. The number of carbonyl (C=O) groups is 3. The number of ether oxygens (including phenoxy) is 1. The van der Waals surface area contributed by atoms with E-state index in [1.54, 1.807) is 0 Å². The van der Waals surface area contributed by atoms with Crippen LogP contribution in [0.2, 0.25) is 0 Å². The highest BCUT2D eigenvalue weighted by Crippen LogP contribution is 2.31. The minimum absolute atomic E-state index is 0.134. The molecule has 0 bridgehead atoms. The van der Waals surface area contributed by atoms with Gasteiger partial charge in [0, 0.05) is 12.1 Å². The summed E-state index contributed by atoms with van der Waals surface area (Å²) in [6, 6.07) is -0.942. The molecule has 3 atom stereocenters. The van der Waals surface area contributed by atoms with Crippen molar-refractivity contribution in [3.05, 3.63) is 0 Å². The number of ketones is 1. The van der Waals surface area contributed by atoms with Crippen LogP contribution in [0, 0.1) is 23.2 Å². The Morgan fingerprint density at radius 3 is 2.63 bits per heavy atom. The molecule has 2 aliphatic carbocycles. The molecule has 0 aromatic heterocycles. The number of hydrogen-bond acceptors (Lipinski definition) is 5. The Hall–Kier alpha value is -2.05. The minimum atomic E-state index is -0.638. The van der Waals surface area contributed by atoms with E-state index in [0.717, 1.165) is 12.8 Å². The number of rotatable bonds is 5. The minimum Gasteiger partial charge on any atom is -0.465 e. The molecule has 2 fully saturated rings. The van der Waals surface area contributed by atoms with E-state index in [1.165, 1.54) is 19.3 Å². The van der Waals surface area contributed by atoms with Crippen molar-refractivity contribution in [3.8, 4) is 0 Å². The number of nitrogens with zero attached hydrogens (tertiary/aromatic N) is 1. The molecule has 1 aliphatic heterocycles. The lowest BCUT2D eigenvalue weighted by Crippen LogP contribution is -2.55. The van der Waals surface area contributed by atoms with Crippen LogP contribution in [0.3, 0.4) is 0 Å². The highest BCUT2D eigenvalue weighted by atomic mass is 16.5. The van der Waals surface area contributed by atoms with E-state index in [-0.39, 0.29) is 29.8 Å². The van der Waals surface area contributed by atoms with Crippen molar-refractivity contribution in [2.24, 2.45) is 22.7 Å². The van der Waals surface area contributed by atoms with Crippen LogP contribution in [-0.2, 0) is 14.3 Å². The van der Waals surface area contributed by atoms with Gasteiger partial charge >= 0.3 is 12.0 Å². The van der Waals surface area contributed by atoms with Crippen LogP contribution in [0.5, 0.6) is 0 Å². The van der Waals surface area contributed by atoms with Gasteiger partial charge in [-0.05, 0) is 43.9 Å². The first-order valence-electron chi connectivity index (χ1n) is 10.1. The summed E-state index contributed by atoms with van der Waals surface area (Å²) in [7, 11) is 0. The lowest BCUT2D eigenvalue weighted by Gasteiger charge is -2.37. The number of urea groups is 1. The van der Waals surface area contributed by atoms with Gasteiger partial charge < -0.3 is 15.5 Å². The zero-order chi connectivity index (χ0) is 19.4. The van der Waals surface area contributed by atoms with Gasteiger partial charge in [-0.15, -0.1) is 0 Å². The molecule has 1 heterocycles. The molecule has 3 unspecified atom stereocenters. The van der Waals surface area contributed by atoms with Gasteiger partial charge in [0.25, 0.3) is 0 Å². The second-order valence-electron chi connectivity index (χ2n) is 7.95. The molecule has 0 aromatic rings. The third kappa shape index (κ3) is 4.62. The average molecular weight is 375 g/mol. The monoisotopic (exact) mass is 375 g/mol. The molecule has 27 heavy (non-hydrogen) atoms. The summed E-state index contributed by atoms with van der Waals surface area (Å²) in [5.74, 6) is -0.936. The predicted molar refractivity (Wildman–Crippen MR) is 101 cm³/mol. The Morgan fingerprint density at radius 1 is 1.22 bits per heavy atom. The summed E-state index contributed by atoms with van der Waals surface area (Å²) in [6.45, 7) is 2.29. The standard InChI is InChI=1S/C20H29N3O4/c1-2-15-17(19(25)27-11-12-6-4-3-5-7-12)18(23-20(26)22-15)13-8-9-14(21)16(24)10-13/h12-13,17-18,21H,2-11H2,1H3,(H,23,26). The van der Waals surface area contributed by atoms with E-state index in [0.29, 0.717) is 37.5 Å². The average Bonchev–Trinajstić information content (AvgIpc) is 2.68. The molecule has 0 saturated heterocycles. The van der Waals surface area contributed by atoms with Gasteiger partial charge in [0.1, 0.15) is 5.92 Å². The third-order valence-corrected chi connectivity index (χ3v) is 6.11. The predicted octanol–water partition coefficient (Wildman–Crippen LogP) is 3.06. The van der Waals surface area contributed by atoms with Crippen LogP contribution >= 0.6 is 0 Å². The maximum atomic E-state index is 12.9. The van der Waals surface area contributed by atoms with Gasteiger partial charge in [-0.3, -0.25) is 9.59 Å². The molecule has 2 amide bonds. The lowest BCUT2D eigenvalue weighted by atomic mass is 9.75. The first-order chi connectivity index (χ1) is 13.0. The van der Waals surface area contributed by atoms with Gasteiger partial charge in [0.2, 0.25) is 0 Å². The molecule has 3 rings (SSSR count). The quantitative estimate of drug-likeness (QED) is 0.720. The van der Waals surface area contributed by atoms with Gasteiger partial charge in [-0.1, -0.05) is 26.2 Å². The fraction of sp³-hybridized carbons (Fsp3) is 0.750. The van der Waals surface area contributed by atoms with E-state index in [1.807, 2.05) is 6.92 Å². The van der Waals surface area contributed by atoms with Crippen molar-refractivity contribution < 1.29 is 19.1 Å². The molecule has 148 valence electrons. The maximum absolute atomic E-state index is 12.9. The normalized spacial score (nSPS) is 29.9. The molecule has 0 aromatic carbocycles. The Morgan fingerprint density at radius 2 is 1.96 bits per heavy atom. The van der Waals surface area contributed by atoms with E-state index >= 15 is 0 Å². The second kappa shape index (κ2) is 8.76. The van der Waals surface area contributed by atoms with Crippen molar-refractivity contribution in [2.45, 2.75) is 70.8 Å². The Labute approximate surface area is 159 Å². The Bertz CT molecular complexity index is 652. The van der Waals surface area contributed by atoms with Crippen molar-refractivity contribution >= 4 is 29.2 Å². The first kappa shape index (κ1) is 19.7. The molecular formula is C20H29N3O4. The van der Waals surface area contributed by atoms with Crippen molar-refractivity contribution in [2.75, 3.05) is 6.61 Å². The van der Waals surface area contributed by atoms with Crippen molar-refractivity contribution in [1.29, 1.82) is 5.41 Å². The SMILES string of the molecule is CCC1=NC(=O)NC(C2CCC(=N)C(=O)C2)C1C(=O)OCC1CCCCC1. The van der Waals surface area contributed by atoms with E-state index in [4.69, 9.17) is 10.1 Å². The van der Waals surface area contributed by atoms with Crippen LogP contribution < -0.4 is 5.32 Å². The fourth-order valence-corrected chi connectivity index (χ4v) is 4.52. The highest BCUT2D eigenvalue weighted by molar-refractivity contribution is 6.39. The van der Waals surface area contributed by atoms with Gasteiger partial charge in [-0.25, -0.2) is 9.79 Å². The van der Waals surface area contributed by atoms with E-state index in [2.05, 4.69) is 10.3 Å². The number of carbonyl (C=O) groups excluding carboxylic acids is 3. The number of Topliss-reactive ketones (excluding diaryl/α,β-unsaturated/α-hetero) is 1. The number of esters is 1. The first-order valence-corrected chi connectivity index (χ1v) is 10.1. The van der Waals surface area contributed by atoms with Gasteiger partial charge in [-0.2, -0.15) is 0 Å². The summed E-state index contributed by atoms with van der Waals surface area (Å²) in [6.07, 6.45) is 7.47. The smallest absolute Gasteiger partial charge is 0.341 e. The van der Waals surface area contributed by atoms with Crippen LogP contribution in [0.25, 0.3) is 0 Å². The molecule has 0 spiro atoms. The molecule has 2 N–H and O–H groups in total. The van der Waals surface area contributed by atoms with Crippen LogP contribution in [0.4, 0.5) is 4.79 Å². The number of hydrogen-bond donors (Lipinski definition) is 2. The Balaban J connectivity index is 1.73. The number of nitrogens with one attached hydrogen (secondary N) is 2. The van der Waals surface area contributed by atoms with Crippen molar-refractivity contribution in [1.82, 2.24) is 5.32 Å². The zero-order valence-electron chi connectivity index (χ0n) is 16.0. The fourth-order valence-electron chi connectivity index (χ4n) is 4.52. The maximum Gasteiger partial charge on any atom is 0.341 e. The summed E-state index contributed by atoms with van der Waals surface area (Å²) >= 11 is 0.